The molecule has 4 nitrogen and oxygen atoms in total. The molecule has 0 radical (unpaired) electrons. The summed E-state index contributed by atoms with van der Waals surface area (Å²) in [6.07, 6.45) is 7.62. The van der Waals surface area contributed by atoms with E-state index < -0.39 is 0 Å². The third-order valence-corrected chi connectivity index (χ3v) is 4.29. The monoisotopic (exact) mass is 248 g/mol. The number of rotatable bonds is 5. The minimum absolute atomic E-state index is 0.479. The minimum atomic E-state index is 0.479. The average molecular weight is 248 g/mol. The summed E-state index contributed by atoms with van der Waals surface area (Å²) >= 11 is 0. The molecule has 2 heterocycles. The summed E-state index contributed by atoms with van der Waals surface area (Å²) < 4.78 is 0. The highest BCUT2D eigenvalue weighted by Gasteiger charge is 2.35. The number of nitrogens with one attached hydrogen (secondary N) is 1. The van der Waals surface area contributed by atoms with Crippen LogP contribution in [0.4, 0.5) is 5.95 Å². The first-order valence-corrected chi connectivity index (χ1v) is 6.93. The van der Waals surface area contributed by atoms with Gasteiger partial charge in [-0.25, -0.2) is 9.97 Å². The van der Waals surface area contributed by atoms with Crippen molar-refractivity contribution in [2.24, 2.45) is 5.41 Å². The van der Waals surface area contributed by atoms with Gasteiger partial charge < -0.3 is 10.2 Å². The fraction of sp³-hybridized carbons (Fsp3) is 0.714. The average Bonchev–Trinajstić information content (AvgIpc) is 2.85. The Bertz CT molecular complexity index is 370. The van der Waals surface area contributed by atoms with Crippen LogP contribution in [-0.4, -0.2) is 30.1 Å². The molecule has 1 aromatic rings. The van der Waals surface area contributed by atoms with Crippen LogP contribution in [0.5, 0.6) is 0 Å². The second-order valence-electron chi connectivity index (χ2n) is 5.30. The van der Waals surface area contributed by atoms with Crippen LogP contribution in [0, 0.1) is 5.41 Å². The summed E-state index contributed by atoms with van der Waals surface area (Å²) in [6, 6.07) is 0. The Morgan fingerprint density at radius 1 is 1.28 bits per heavy atom. The molecule has 1 N–H and O–H groups in total. The highest BCUT2D eigenvalue weighted by Crippen LogP contribution is 2.37. The molecule has 0 amide bonds. The van der Waals surface area contributed by atoms with E-state index in [1.54, 1.807) is 0 Å². The van der Waals surface area contributed by atoms with E-state index in [9.17, 15) is 0 Å². The van der Waals surface area contributed by atoms with Gasteiger partial charge in [-0.2, -0.15) is 0 Å². The van der Waals surface area contributed by atoms with Gasteiger partial charge in [-0.1, -0.05) is 13.8 Å². The molecule has 1 aliphatic rings. The van der Waals surface area contributed by atoms with Crippen molar-refractivity contribution >= 4 is 5.95 Å². The zero-order valence-corrected chi connectivity index (χ0v) is 11.7. The van der Waals surface area contributed by atoms with Gasteiger partial charge in [-0.05, 0) is 31.7 Å². The first-order valence-electron chi connectivity index (χ1n) is 6.93. The molecule has 2 rings (SSSR count). The van der Waals surface area contributed by atoms with Crippen LogP contribution < -0.4 is 10.2 Å². The van der Waals surface area contributed by atoms with Crippen molar-refractivity contribution in [3.05, 3.63) is 18.0 Å². The minimum Gasteiger partial charge on any atom is -0.340 e. The molecule has 1 aliphatic heterocycles. The van der Waals surface area contributed by atoms with Gasteiger partial charge in [0.2, 0.25) is 5.95 Å². The molecule has 0 saturated carbocycles. The van der Waals surface area contributed by atoms with Gasteiger partial charge in [-0.3, -0.25) is 0 Å². The van der Waals surface area contributed by atoms with Crippen LogP contribution in [0.1, 0.15) is 38.7 Å². The van der Waals surface area contributed by atoms with E-state index >= 15 is 0 Å². The van der Waals surface area contributed by atoms with Crippen molar-refractivity contribution in [1.29, 1.82) is 0 Å². The van der Waals surface area contributed by atoms with Crippen LogP contribution in [-0.2, 0) is 6.54 Å². The molecule has 0 aliphatic carbocycles. The van der Waals surface area contributed by atoms with Gasteiger partial charge in [0.15, 0.2) is 0 Å². The van der Waals surface area contributed by atoms with Crippen LogP contribution in [0.2, 0.25) is 0 Å². The Kier molecular flexibility index (Phi) is 4.17. The largest absolute Gasteiger partial charge is 0.340 e. The highest BCUT2D eigenvalue weighted by atomic mass is 15.3. The summed E-state index contributed by atoms with van der Waals surface area (Å²) in [5.41, 5.74) is 1.62. The van der Waals surface area contributed by atoms with E-state index in [0.717, 1.165) is 31.1 Å². The van der Waals surface area contributed by atoms with Crippen LogP contribution in [0.15, 0.2) is 12.4 Å². The maximum Gasteiger partial charge on any atom is 0.225 e. The van der Waals surface area contributed by atoms with Crippen LogP contribution >= 0.6 is 0 Å². The normalized spacial score (nSPS) is 18.3. The molecule has 0 bridgehead atoms. The van der Waals surface area contributed by atoms with E-state index in [0.29, 0.717) is 5.41 Å². The van der Waals surface area contributed by atoms with E-state index in [1.807, 2.05) is 19.4 Å². The first kappa shape index (κ1) is 13.3. The fourth-order valence-corrected chi connectivity index (χ4v) is 2.74. The summed E-state index contributed by atoms with van der Waals surface area (Å²) in [4.78, 5) is 11.3. The second kappa shape index (κ2) is 5.65. The molecule has 0 aromatic carbocycles. The van der Waals surface area contributed by atoms with E-state index in [2.05, 4.69) is 34.0 Å². The SMILES string of the molecule is CCC1(CC)CCN(c2ncc(CNC)cn2)C1. The zero-order valence-electron chi connectivity index (χ0n) is 11.7. The molecule has 18 heavy (non-hydrogen) atoms. The number of nitrogens with zero attached hydrogens (tertiary/aromatic N) is 3. The Balaban J connectivity index is 2.05. The number of hydrogen-bond acceptors (Lipinski definition) is 4. The van der Waals surface area contributed by atoms with Gasteiger partial charge in [-0.15, -0.1) is 0 Å². The summed E-state index contributed by atoms with van der Waals surface area (Å²) in [7, 11) is 1.94. The van der Waals surface area contributed by atoms with Crippen molar-refractivity contribution < 1.29 is 0 Å². The number of anilines is 1. The molecule has 1 saturated heterocycles. The van der Waals surface area contributed by atoms with E-state index in [4.69, 9.17) is 0 Å². The molecule has 1 fully saturated rings. The quantitative estimate of drug-likeness (QED) is 0.867. The smallest absolute Gasteiger partial charge is 0.225 e. The van der Waals surface area contributed by atoms with Crippen molar-refractivity contribution in [2.45, 2.75) is 39.7 Å². The Morgan fingerprint density at radius 2 is 1.94 bits per heavy atom. The topological polar surface area (TPSA) is 41.1 Å². The molecule has 100 valence electrons. The molecule has 4 heteroatoms. The predicted octanol–water partition coefficient (Wildman–Crippen LogP) is 2.21. The van der Waals surface area contributed by atoms with Gasteiger partial charge in [0.1, 0.15) is 0 Å². The second-order valence-corrected chi connectivity index (χ2v) is 5.30. The van der Waals surface area contributed by atoms with Gasteiger partial charge >= 0.3 is 0 Å². The van der Waals surface area contributed by atoms with Gasteiger partial charge in [0.05, 0.1) is 0 Å². The Morgan fingerprint density at radius 3 is 2.44 bits per heavy atom. The third kappa shape index (κ3) is 2.64. The zero-order chi connectivity index (χ0) is 13.0. The lowest BCUT2D eigenvalue weighted by Crippen LogP contribution is -2.27. The summed E-state index contributed by atoms with van der Waals surface area (Å²) in [5.74, 6) is 0.888. The fourth-order valence-electron chi connectivity index (χ4n) is 2.74. The van der Waals surface area contributed by atoms with Crippen molar-refractivity contribution in [3.8, 4) is 0 Å². The number of aromatic nitrogens is 2. The highest BCUT2D eigenvalue weighted by molar-refractivity contribution is 5.32. The summed E-state index contributed by atoms with van der Waals surface area (Å²) in [6.45, 7) is 7.61. The summed E-state index contributed by atoms with van der Waals surface area (Å²) in [5, 5.41) is 3.11. The number of hydrogen-bond donors (Lipinski definition) is 1. The van der Waals surface area contributed by atoms with Crippen LogP contribution in [0.25, 0.3) is 0 Å². The van der Waals surface area contributed by atoms with E-state index in [-0.39, 0.29) is 0 Å². The standard InChI is InChI=1S/C14H24N4/c1-4-14(5-2)6-7-18(11-14)13-16-9-12(8-15-3)10-17-13/h9-10,15H,4-8,11H2,1-3H3. The lowest BCUT2D eigenvalue weighted by atomic mass is 9.82. The van der Waals surface area contributed by atoms with Crippen LogP contribution in [0.3, 0.4) is 0 Å². The van der Waals surface area contributed by atoms with Crippen molar-refractivity contribution in [3.63, 3.8) is 0 Å². The first-order chi connectivity index (χ1) is 8.73. The molecule has 0 unspecified atom stereocenters. The molecular formula is C14H24N4. The molecular weight excluding hydrogens is 224 g/mol. The van der Waals surface area contributed by atoms with Crippen molar-refractivity contribution in [1.82, 2.24) is 15.3 Å². The van der Waals surface area contributed by atoms with Gasteiger partial charge in [0, 0.05) is 37.6 Å². The molecule has 0 atom stereocenters. The third-order valence-electron chi connectivity index (χ3n) is 4.29. The van der Waals surface area contributed by atoms with Gasteiger partial charge in [0.25, 0.3) is 0 Å². The lowest BCUT2D eigenvalue weighted by molar-refractivity contribution is 0.301. The lowest BCUT2D eigenvalue weighted by Gasteiger charge is -2.26. The predicted molar refractivity (Wildman–Crippen MR) is 74.6 cm³/mol. The maximum absolute atomic E-state index is 4.49. The maximum atomic E-state index is 4.49. The molecule has 0 spiro atoms. The van der Waals surface area contributed by atoms with Crippen molar-refractivity contribution in [2.75, 3.05) is 25.0 Å². The Hall–Kier alpha value is -1.16. The Labute approximate surface area is 110 Å². The molecule has 1 aromatic heterocycles. The van der Waals surface area contributed by atoms with E-state index in [1.165, 1.54) is 19.3 Å².